The Balaban J connectivity index is 2.00. The van der Waals surface area contributed by atoms with E-state index in [1.807, 2.05) is 0 Å². The predicted octanol–water partition coefficient (Wildman–Crippen LogP) is 1.60. The predicted molar refractivity (Wildman–Crippen MR) is 111 cm³/mol. The number of ether oxygens (including phenoxy) is 3. The molecule has 2 aromatic carbocycles. The summed E-state index contributed by atoms with van der Waals surface area (Å²) >= 11 is 6.32. The molecule has 0 radical (unpaired) electrons. The first-order chi connectivity index (χ1) is 17.0. The molecule has 30 heavy (non-hydrogen) atoms. The third-order valence-corrected chi connectivity index (χ3v) is 5.25. The highest BCUT2D eigenvalue weighted by Crippen LogP contribution is 2.40. The molecular formula is C22H27ClO7. The first-order valence-corrected chi connectivity index (χ1v) is 9.37. The summed E-state index contributed by atoms with van der Waals surface area (Å²) in [6, 6.07) is 8.93. The van der Waals surface area contributed by atoms with E-state index in [4.69, 9.17) is 35.4 Å². The van der Waals surface area contributed by atoms with Crippen LogP contribution in [0.5, 0.6) is 5.75 Å². The van der Waals surface area contributed by atoms with Crippen molar-refractivity contribution in [3.8, 4) is 5.75 Å². The molecule has 2 aromatic rings. The van der Waals surface area contributed by atoms with Gasteiger partial charge in [-0.1, -0.05) is 29.8 Å². The van der Waals surface area contributed by atoms with E-state index in [0.29, 0.717) is 0 Å². The molecule has 164 valence electrons. The van der Waals surface area contributed by atoms with Crippen molar-refractivity contribution in [3.63, 3.8) is 0 Å². The highest BCUT2D eigenvalue weighted by atomic mass is 35.5. The molecule has 1 fully saturated rings. The third kappa shape index (κ3) is 4.33. The SMILES string of the molecule is [2H]C([2H])(c1ccc(OC([2H])([2H])C([2H])([2H])[2H])cc1)c1cc(C2(OC)O[C@H](CO)[C@@H](O)[C@H](O)[C@H]2O)ccc1Cl. The van der Waals surface area contributed by atoms with Gasteiger partial charge in [0.2, 0.25) is 5.79 Å². The molecule has 1 aliphatic heterocycles. The molecule has 0 spiro atoms. The fourth-order valence-corrected chi connectivity index (χ4v) is 3.49. The average molecular weight is 446 g/mol. The van der Waals surface area contributed by atoms with E-state index in [9.17, 15) is 20.4 Å². The lowest BCUT2D eigenvalue weighted by atomic mass is 9.87. The molecule has 1 saturated heterocycles. The summed E-state index contributed by atoms with van der Waals surface area (Å²) in [4.78, 5) is 0. The molecule has 0 amide bonds. The molecule has 0 aromatic heterocycles. The van der Waals surface area contributed by atoms with E-state index >= 15 is 0 Å². The molecule has 0 aliphatic carbocycles. The molecular weight excluding hydrogens is 412 g/mol. The molecule has 1 aliphatic rings. The first-order valence-electron chi connectivity index (χ1n) is 12.5. The summed E-state index contributed by atoms with van der Waals surface area (Å²) in [6.45, 7) is -6.72. The lowest BCUT2D eigenvalue weighted by Gasteiger charge is -2.47. The van der Waals surface area contributed by atoms with Gasteiger partial charge >= 0.3 is 0 Å². The summed E-state index contributed by atoms with van der Waals surface area (Å²) in [7, 11) is 1.17. The van der Waals surface area contributed by atoms with Gasteiger partial charge in [-0.15, -0.1) is 0 Å². The monoisotopic (exact) mass is 445 g/mol. The van der Waals surface area contributed by atoms with Gasteiger partial charge in [0, 0.05) is 24.5 Å². The maximum atomic E-state index is 10.7. The summed E-state index contributed by atoms with van der Waals surface area (Å²) in [6.07, 6.45) is -8.79. The number of hydrogen-bond acceptors (Lipinski definition) is 7. The fraction of sp³-hybridized carbons (Fsp3) is 0.455. The zero-order valence-corrected chi connectivity index (χ0v) is 16.7. The maximum absolute atomic E-state index is 10.7. The Morgan fingerprint density at radius 1 is 1.17 bits per heavy atom. The number of halogens is 1. The van der Waals surface area contributed by atoms with Crippen molar-refractivity contribution < 1.29 is 44.2 Å². The van der Waals surface area contributed by atoms with E-state index in [1.165, 1.54) is 49.6 Å². The Bertz CT molecular complexity index is 1100. The van der Waals surface area contributed by atoms with Gasteiger partial charge in [-0.2, -0.15) is 0 Å². The van der Waals surface area contributed by atoms with Gasteiger partial charge < -0.3 is 34.6 Å². The Morgan fingerprint density at radius 3 is 2.53 bits per heavy atom. The van der Waals surface area contributed by atoms with Crippen LogP contribution in [0.15, 0.2) is 42.5 Å². The number of benzene rings is 2. The van der Waals surface area contributed by atoms with Crippen LogP contribution in [0, 0.1) is 0 Å². The first kappa shape index (κ1) is 15.2. The lowest BCUT2D eigenvalue weighted by Crippen LogP contribution is -2.64. The second-order valence-corrected chi connectivity index (χ2v) is 7.09. The zero-order chi connectivity index (χ0) is 28.0. The molecule has 7 nitrogen and oxygen atoms in total. The molecule has 1 unspecified atom stereocenters. The van der Waals surface area contributed by atoms with Crippen LogP contribution in [0.2, 0.25) is 5.02 Å². The normalized spacial score (nSPS) is 33.9. The minimum atomic E-state index is -3.05. The van der Waals surface area contributed by atoms with Crippen LogP contribution in [-0.2, 0) is 21.6 Å². The Kier molecular flexibility index (Phi) is 4.86. The van der Waals surface area contributed by atoms with Gasteiger partial charge in [-0.05, 0) is 48.6 Å². The van der Waals surface area contributed by atoms with Crippen LogP contribution in [0.4, 0.5) is 0 Å². The van der Waals surface area contributed by atoms with Crippen molar-refractivity contribution in [3.05, 3.63) is 64.2 Å². The summed E-state index contributed by atoms with van der Waals surface area (Å²) in [5.41, 5.74) is 0.00107. The number of rotatable bonds is 7. The van der Waals surface area contributed by atoms with Crippen LogP contribution in [-0.4, -0.2) is 65.1 Å². The number of aliphatic hydroxyl groups is 4. The van der Waals surface area contributed by atoms with Gasteiger partial charge in [0.25, 0.3) is 0 Å². The standard InChI is InChI=1S/C22H27ClO7/c1-3-29-16-7-4-13(5-8-16)10-14-11-15(6-9-17(14)23)22(28-2)21(27)20(26)19(25)18(12-24)30-22/h4-9,11,18-21,24-27H,3,10,12H2,1-2H3/t18-,19-,20+,21-,22?/m1/s1/i1D3,3D2,10D2. The third-order valence-electron chi connectivity index (χ3n) is 4.92. The van der Waals surface area contributed by atoms with Crippen molar-refractivity contribution in [1.29, 1.82) is 0 Å². The number of hydrogen-bond donors (Lipinski definition) is 4. The highest BCUT2D eigenvalue weighted by Gasteiger charge is 2.55. The van der Waals surface area contributed by atoms with E-state index in [0.717, 1.165) is 0 Å². The smallest absolute Gasteiger partial charge is 0.224 e. The van der Waals surface area contributed by atoms with Gasteiger partial charge in [0.05, 0.1) is 15.9 Å². The van der Waals surface area contributed by atoms with Crippen LogP contribution >= 0.6 is 11.6 Å². The molecule has 3 rings (SSSR count). The van der Waals surface area contributed by atoms with Crippen molar-refractivity contribution in [2.24, 2.45) is 0 Å². The fourth-order valence-electron chi connectivity index (χ4n) is 3.33. The van der Waals surface area contributed by atoms with E-state index in [2.05, 4.69) is 0 Å². The van der Waals surface area contributed by atoms with Gasteiger partial charge in [0.15, 0.2) is 0 Å². The van der Waals surface area contributed by atoms with Gasteiger partial charge in [-0.25, -0.2) is 0 Å². The summed E-state index contributed by atoms with van der Waals surface area (Å²) in [5, 5.41) is 40.7. The molecule has 0 saturated carbocycles. The zero-order valence-electron chi connectivity index (χ0n) is 22.9. The van der Waals surface area contributed by atoms with Crippen molar-refractivity contribution in [2.45, 2.75) is 43.4 Å². The lowest BCUT2D eigenvalue weighted by molar-refractivity contribution is -0.366. The molecule has 1 heterocycles. The number of methoxy groups -OCH3 is 1. The average Bonchev–Trinajstić information content (AvgIpc) is 2.83. The Morgan fingerprint density at radius 2 is 1.90 bits per heavy atom. The summed E-state index contributed by atoms with van der Waals surface area (Å²) < 4.78 is 70.3. The van der Waals surface area contributed by atoms with E-state index in [1.54, 1.807) is 0 Å². The van der Waals surface area contributed by atoms with E-state index < -0.39 is 56.6 Å². The van der Waals surface area contributed by atoms with Crippen molar-refractivity contribution >= 4 is 11.6 Å². The molecule has 0 bridgehead atoms. The Hall–Kier alpha value is -1.71. The minimum absolute atomic E-state index is 0.0105. The topological polar surface area (TPSA) is 109 Å². The molecule has 5 atom stereocenters. The Labute approximate surface area is 190 Å². The molecule has 8 heteroatoms. The minimum Gasteiger partial charge on any atom is -0.494 e. The largest absolute Gasteiger partial charge is 0.494 e. The maximum Gasteiger partial charge on any atom is 0.224 e. The van der Waals surface area contributed by atoms with Crippen molar-refractivity contribution in [2.75, 3.05) is 20.3 Å². The number of aliphatic hydroxyl groups excluding tert-OH is 4. The summed E-state index contributed by atoms with van der Waals surface area (Å²) in [5.74, 6) is -2.22. The van der Waals surface area contributed by atoms with Crippen LogP contribution in [0.25, 0.3) is 0 Å². The van der Waals surface area contributed by atoms with Crippen molar-refractivity contribution in [1.82, 2.24) is 0 Å². The van der Waals surface area contributed by atoms with Gasteiger partial charge in [-0.3, -0.25) is 0 Å². The second-order valence-electron chi connectivity index (χ2n) is 6.68. The molecule has 4 N–H and O–H groups in total. The van der Waals surface area contributed by atoms with E-state index in [-0.39, 0.29) is 27.5 Å². The highest BCUT2D eigenvalue weighted by molar-refractivity contribution is 6.31. The van der Waals surface area contributed by atoms with Gasteiger partial charge in [0.1, 0.15) is 30.2 Å². The van der Waals surface area contributed by atoms with Crippen LogP contribution in [0.3, 0.4) is 0 Å². The van der Waals surface area contributed by atoms with Crippen LogP contribution < -0.4 is 4.74 Å². The van der Waals surface area contributed by atoms with Crippen LogP contribution in [0.1, 0.15) is 33.1 Å². The quantitative estimate of drug-likeness (QED) is 0.512. The second kappa shape index (κ2) is 9.62.